The molecule has 0 aliphatic heterocycles. The fourth-order valence-electron chi connectivity index (χ4n) is 2.10. The monoisotopic (exact) mass is 417 g/mol. The first-order valence-electron chi connectivity index (χ1n) is 7.63. The van der Waals surface area contributed by atoms with Crippen LogP contribution in [0.3, 0.4) is 0 Å². The highest BCUT2D eigenvalue weighted by Gasteiger charge is 2.35. The average Bonchev–Trinajstić information content (AvgIpc) is 3.28. The Morgan fingerprint density at radius 2 is 2.07 bits per heavy atom. The molecule has 0 unspecified atom stereocenters. The zero-order valence-electron chi connectivity index (χ0n) is 14.0. The third kappa shape index (κ3) is 4.36. The molecule has 0 radical (unpaired) electrons. The first-order valence-corrected chi connectivity index (χ1v) is 8.44. The smallest absolute Gasteiger partial charge is 0.445 e. The minimum atomic E-state index is -4.68. The van der Waals surface area contributed by atoms with Gasteiger partial charge < -0.3 is 14.5 Å². The van der Waals surface area contributed by atoms with Gasteiger partial charge in [0.15, 0.2) is 11.6 Å². The number of oxazole rings is 1. The quantitative estimate of drug-likeness (QED) is 0.597. The molecule has 0 spiro atoms. The van der Waals surface area contributed by atoms with Crippen molar-refractivity contribution in [3.63, 3.8) is 0 Å². The van der Waals surface area contributed by atoms with E-state index in [1.807, 2.05) is 0 Å². The van der Waals surface area contributed by atoms with Gasteiger partial charge in [-0.05, 0) is 13.0 Å². The van der Waals surface area contributed by atoms with Crippen LogP contribution < -0.4 is 15.4 Å². The molecule has 2 aromatic heterocycles. The standard InChI is InChI=1S/C15H11F4N5O3S/c1-2-26-10-5-7(11-20-3-4-27-11)9(6-8(10)16)21-13(25)22-14-24-23-12(28-14)15(17,18)19/h3-6H,2H2,1H3,(H2,21,22,24,25). The second-order valence-electron chi connectivity index (χ2n) is 5.09. The Morgan fingerprint density at radius 3 is 2.68 bits per heavy atom. The highest BCUT2D eigenvalue weighted by Crippen LogP contribution is 2.35. The highest BCUT2D eigenvalue weighted by molar-refractivity contribution is 7.15. The molecule has 0 fully saturated rings. The van der Waals surface area contributed by atoms with Crippen molar-refractivity contribution in [2.75, 3.05) is 17.2 Å². The number of hydrogen-bond acceptors (Lipinski definition) is 7. The second-order valence-corrected chi connectivity index (χ2v) is 6.07. The van der Waals surface area contributed by atoms with Gasteiger partial charge in [-0.15, -0.1) is 10.2 Å². The van der Waals surface area contributed by atoms with Crippen LogP contribution in [0.4, 0.5) is 33.2 Å². The molecule has 2 N–H and O–H groups in total. The van der Waals surface area contributed by atoms with Gasteiger partial charge in [0.1, 0.15) is 6.26 Å². The number of benzene rings is 1. The van der Waals surface area contributed by atoms with Crippen molar-refractivity contribution in [1.82, 2.24) is 15.2 Å². The lowest BCUT2D eigenvalue weighted by Gasteiger charge is -2.12. The predicted molar refractivity (Wildman–Crippen MR) is 90.6 cm³/mol. The summed E-state index contributed by atoms with van der Waals surface area (Å²) < 4.78 is 62.2. The molecule has 28 heavy (non-hydrogen) atoms. The van der Waals surface area contributed by atoms with Crippen LogP contribution in [0.5, 0.6) is 5.75 Å². The molecule has 2 amide bonds. The third-order valence-electron chi connectivity index (χ3n) is 3.17. The summed E-state index contributed by atoms with van der Waals surface area (Å²) in [6.45, 7) is 1.87. The highest BCUT2D eigenvalue weighted by atomic mass is 32.1. The van der Waals surface area contributed by atoms with E-state index in [0.717, 1.165) is 6.07 Å². The normalized spacial score (nSPS) is 11.3. The topological polar surface area (TPSA) is 102 Å². The number of hydrogen-bond donors (Lipinski definition) is 2. The van der Waals surface area contributed by atoms with Crippen LogP contribution >= 0.6 is 11.3 Å². The Balaban J connectivity index is 1.83. The summed E-state index contributed by atoms with van der Waals surface area (Å²) in [5, 5.41) is 9.02. The van der Waals surface area contributed by atoms with Gasteiger partial charge in [-0.1, -0.05) is 11.3 Å². The molecule has 2 heterocycles. The van der Waals surface area contributed by atoms with Crippen molar-refractivity contribution in [2.45, 2.75) is 13.1 Å². The Bertz CT molecular complexity index is 975. The Kier molecular flexibility index (Phi) is 5.44. The number of carbonyl (C=O) groups is 1. The van der Waals surface area contributed by atoms with Crippen molar-refractivity contribution in [1.29, 1.82) is 0 Å². The molecule has 0 atom stereocenters. The third-order valence-corrected chi connectivity index (χ3v) is 4.05. The van der Waals surface area contributed by atoms with E-state index in [2.05, 4.69) is 25.8 Å². The maximum absolute atomic E-state index is 14.2. The molecule has 1 aromatic carbocycles. The van der Waals surface area contributed by atoms with Crippen molar-refractivity contribution < 1.29 is 31.5 Å². The van der Waals surface area contributed by atoms with Crippen LogP contribution in [0.1, 0.15) is 11.9 Å². The Morgan fingerprint density at radius 1 is 1.29 bits per heavy atom. The van der Waals surface area contributed by atoms with Gasteiger partial charge in [0, 0.05) is 6.07 Å². The van der Waals surface area contributed by atoms with E-state index >= 15 is 0 Å². The van der Waals surface area contributed by atoms with E-state index in [-0.39, 0.29) is 46.0 Å². The molecule has 8 nitrogen and oxygen atoms in total. The van der Waals surface area contributed by atoms with Gasteiger partial charge in [-0.25, -0.2) is 14.2 Å². The van der Waals surface area contributed by atoms with Gasteiger partial charge >= 0.3 is 12.2 Å². The number of ether oxygens (including phenoxy) is 1. The number of alkyl halides is 3. The van der Waals surface area contributed by atoms with Gasteiger partial charge in [0.05, 0.1) is 24.1 Å². The molecular weight excluding hydrogens is 406 g/mol. The van der Waals surface area contributed by atoms with Gasteiger partial charge in [-0.3, -0.25) is 5.32 Å². The van der Waals surface area contributed by atoms with E-state index in [9.17, 15) is 22.4 Å². The van der Waals surface area contributed by atoms with Crippen LogP contribution in [-0.4, -0.2) is 27.8 Å². The van der Waals surface area contributed by atoms with Crippen molar-refractivity contribution >= 4 is 28.2 Å². The predicted octanol–water partition coefficient (Wildman–Crippen LogP) is 4.39. The summed E-state index contributed by atoms with van der Waals surface area (Å²) >= 11 is 0.149. The van der Waals surface area contributed by atoms with E-state index in [4.69, 9.17) is 9.15 Å². The van der Waals surface area contributed by atoms with Crippen LogP contribution in [0.15, 0.2) is 29.0 Å². The number of urea groups is 1. The first kappa shape index (κ1) is 19.5. The van der Waals surface area contributed by atoms with Gasteiger partial charge in [0.2, 0.25) is 16.0 Å². The number of amides is 2. The van der Waals surface area contributed by atoms with Crippen LogP contribution in [-0.2, 0) is 6.18 Å². The molecule has 0 aliphatic rings. The summed E-state index contributed by atoms with van der Waals surface area (Å²) in [6.07, 6.45) is -2.05. The SMILES string of the molecule is CCOc1cc(-c2ncco2)c(NC(=O)Nc2nnc(C(F)(F)F)s2)cc1F. The molecule has 0 aliphatic carbocycles. The minimum Gasteiger partial charge on any atom is -0.491 e. The lowest BCUT2D eigenvalue weighted by atomic mass is 10.1. The molecule has 13 heteroatoms. The van der Waals surface area contributed by atoms with Gasteiger partial charge in [0.25, 0.3) is 0 Å². The van der Waals surface area contributed by atoms with Crippen LogP contribution in [0, 0.1) is 5.82 Å². The first-order chi connectivity index (χ1) is 13.3. The number of rotatable bonds is 5. The summed E-state index contributed by atoms with van der Waals surface area (Å²) in [7, 11) is 0. The molecule has 0 bridgehead atoms. The largest absolute Gasteiger partial charge is 0.491 e. The van der Waals surface area contributed by atoms with Crippen molar-refractivity contribution in [3.8, 4) is 17.2 Å². The number of nitrogens with one attached hydrogen (secondary N) is 2. The van der Waals surface area contributed by atoms with Crippen molar-refractivity contribution in [3.05, 3.63) is 35.4 Å². The van der Waals surface area contributed by atoms with Gasteiger partial charge in [-0.2, -0.15) is 13.2 Å². The lowest BCUT2D eigenvalue weighted by Crippen LogP contribution is -2.20. The molecule has 3 aromatic rings. The summed E-state index contributed by atoms with van der Waals surface area (Å²) in [4.78, 5) is 16.1. The fourth-order valence-corrected chi connectivity index (χ4v) is 2.70. The van der Waals surface area contributed by atoms with Crippen LogP contribution in [0.2, 0.25) is 0 Å². The molecule has 3 rings (SSSR count). The molecule has 0 saturated carbocycles. The van der Waals surface area contributed by atoms with Crippen LogP contribution in [0.25, 0.3) is 11.5 Å². The molecule has 0 saturated heterocycles. The maximum Gasteiger partial charge on any atom is 0.445 e. The van der Waals surface area contributed by atoms with E-state index < -0.39 is 23.0 Å². The summed E-state index contributed by atoms with van der Waals surface area (Å²) in [5.41, 5.74) is 0.166. The number of halogens is 4. The van der Waals surface area contributed by atoms with E-state index in [0.29, 0.717) is 0 Å². The lowest BCUT2D eigenvalue weighted by molar-refractivity contribution is -0.138. The summed E-state index contributed by atoms with van der Waals surface area (Å²) in [6, 6.07) is 1.31. The fraction of sp³-hybridized carbons (Fsp3) is 0.200. The number of carbonyl (C=O) groups excluding carboxylic acids is 1. The van der Waals surface area contributed by atoms with E-state index in [1.54, 1.807) is 6.92 Å². The second kappa shape index (κ2) is 7.80. The zero-order chi connectivity index (χ0) is 20.3. The minimum absolute atomic E-state index is 0.0403. The Labute approximate surface area is 158 Å². The maximum atomic E-state index is 14.2. The number of anilines is 2. The number of aromatic nitrogens is 3. The van der Waals surface area contributed by atoms with Crippen molar-refractivity contribution in [2.24, 2.45) is 0 Å². The average molecular weight is 417 g/mol. The molecule has 148 valence electrons. The molecular formula is C15H11F4N5O3S. The van der Waals surface area contributed by atoms with E-state index in [1.165, 1.54) is 18.5 Å². The Hall–Kier alpha value is -3.22. The summed E-state index contributed by atoms with van der Waals surface area (Å²) in [5.74, 6) is -0.769. The number of nitrogens with zero attached hydrogens (tertiary/aromatic N) is 3. The zero-order valence-corrected chi connectivity index (χ0v) is 14.8.